The number of nitrogens with two attached hydrogens (primary N) is 1. The fraction of sp³-hybridized carbons (Fsp3) is 0.545. The van der Waals surface area contributed by atoms with Crippen LogP contribution in [0.2, 0.25) is 0 Å². The Kier molecular flexibility index (Phi) is 2.08. The largest absolute Gasteiger partial charge is 0.330 e. The Bertz CT molecular complexity index is 285. The molecule has 0 amide bonds. The molecule has 1 aromatic rings. The average molecular weight is 176 g/mol. The maximum absolute atomic E-state index is 5.59. The lowest BCUT2D eigenvalue weighted by Crippen LogP contribution is -2.14. The molecule has 13 heavy (non-hydrogen) atoms. The van der Waals surface area contributed by atoms with Gasteiger partial charge < -0.3 is 5.73 Å². The van der Waals surface area contributed by atoms with Crippen LogP contribution in [0.3, 0.4) is 0 Å². The van der Waals surface area contributed by atoms with Crippen molar-refractivity contribution in [3.8, 4) is 0 Å². The second-order valence-electron chi connectivity index (χ2n) is 4.04. The van der Waals surface area contributed by atoms with Crippen LogP contribution in [-0.4, -0.2) is 11.5 Å². The SMILES string of the molecule is Cc1ccc(C2(CCN)CC2)nc1. The van der Waals surface area contributed by atoms with Gasteiger partial charge in [0, 0.05) is 17.3 Å². The highest BCUT2D eigenvalue weighted by Crippen LogP contribution is 2.49. The summed E-state index contributed by atoms with van der Waals surface area (Å²) in [6, 6.07) is 4.29. The molecule has 2 heteroatoms. The quantitative estimate of drug-likeness (QED) is 0.762. The van der Waals surface area contributed by atoms with Gasteiger partial charge in [0.1, 0.15) is 0 Å². The summed E-state index contributed by atoms with van der Waals surface area (Å²) in [5.74, 6) is 0. The molecule has 1 fully saturated rings. The minimum atomic E-state index is 0.350. The summed E-state index contributed by atoms with van der Waals surface area (Å²) in [6.07, 6.45) is 5.56. The molecule has 1 saturated carbocycles. The summed E-state index contributed by atoms with van der Waals surface area (Å²) in [4.78, 5) is 4.48. The third-order valence-electron chi connectivity index (χ3n) is 2.93. The van der Waals surface area contributed by atoms with E-state index in [4.69, 9.17) is 5.73 Å². The van der Waals surface area contributed by atoms with Crippen molar-refractivity contribution in [1.29, 1.82) is 0 Å². The molecule has 2 nitrogen and oxygen atoms in total. The van der Waals surface area contributed by atoms with E-state index in [1.54, 1.807) is 0 Å². The fourth-order valence-corrected chi connectivity index (χ4v) is 1.84. The Labute approximate surface area is 79.2 Å². The van der Waals surface area contributed by atoms with E-state index in [9.17, 15) is 0 Å². The van der Waals surface area contributed by atoms with E-state index < -0.39 is 0 Å². The Balaban J connectivity index is 2.20. The van der Waals surface area contributed by atoms with E-state index >= 15 is 0 Å². The zero-order valence-corrected chi connectivity index (χ0v) is 8.09. The van der Waals surface area contributed by atoms with Gasteiger partial charge in [0.25, 0.3) is 0 Å². The molecule has 1 aliphatic rings. The number of rotatable bonds is 3. The molecular formula is C11H16N2. The first-order valence-electron chi connectivity index (χ1n) is 4.90. The minimum absolute atomic E-state index is 0.350. The summed E-state index contributed by atoms with van der Waals surface area (Å²) < 4.78 is 0. The van der Waals surface area contributed by atoms with Gasteiger partial charge in [-0.3, -0.25) is 4.98 Å². The molecule has 0 aromatic carbocycles. The van der Waals surface area contributed by atoms with E-state index in [2.05, 4.69) is 24.0 Å². The van der Waals surface area contributed by atoms with Crippen LogP contribution in [0.4, 0.5) is 0 Å². The van der Waals surface area contributed by atoms with Crippen molar-refractivity contribution in [2.75, 3.05) is 6.54 Å². The first-order valence-corrected chi connectivity index (χ1v) is 4.90. The van der Waals surface area contributed by atoms with Gasteiger partial charge in [0.05, 0.1) is 0 Å². The van der Waals surface area contributed by atoms with Gasteiger partial charge in [-0.05, 0) is 44.4 Å². The molecule has 0 atom stereocenters. The number of nitrogens with zero attached hydrogens (tertiary/aromatic N) is 1. The number of aryl methyl sites for hydroxylation is 1. The summed E-state index contributed by atoms with van der Waals surface area (Å²) in [5.41, 5.74) is 8.41. The van der Waals surface area contributed by atoms with Crippen LogP contribution in [0.15, 0.2) is 18.3 Å². The van der Waals surface area contributed by atoms with Gasteiger partial charge in [-0.2, -0.15) is 0 Å². The lowest BCUT2D eigenvalue weighted by atomic mass is 9.97. The van der Waals surface area contributed by atoms with Crippen molar-refractivity contribution >= 4 is 0 Å². The molecular weight excluding hydrogens is 160 g/mol. The molecule has 2 N–H and O–H groups in total. The van der Waals surface area contributed by atoms with E-state index in [0.717, 1.165) is 13.0 Å². The van der Waals surface area contributed by atoms with Crippen LogP contribution < -0.4 is 5.73 Å². The van der Waals surface area contributed by atoms with Crippen LogP contribution in [0.5, 0.6) is 0 Å². The maximum Gasteiger partial charge on any atom is 0.0466 e. The molecule has 0 unspecified atom stereocenters. The van der Waals surface area contributed by atoms with Crippen molar-refractivity contribution in [1.82, 2.24) is 4.98 Å². The summed E-state index contributed by atoms with van der Waals surface area (Å²) in [5, 5.41) is 0. The van der Waals surface area contributed by atoms with Crippen molar-refractivity contribution in [3.05, 3.63) is 29.6 Å². The van der Waals surface area contributed by atoms with Crippen molar-refractivity contribution < 1.29 is 0 Å². The molecule has 1 aromatic heterocycles. The van der Waals surface area contributed by atoms with Gasteiger partial charge in [-0.25, -0.2) is 0 Å². The van der Waals surface area contributed by atoms with E-state index in [1.165, 1.54) is 24.1 Å². The molecule has 70 valence electrons. The van der Waals surface area contributed by atoms with Gasteiger partial charge in [0.15, 0.2) is 0 Å². The van der Waals surface area contributed by atoms with Gasteiger partial charge in [-0.1, -0.05) is 6.07 Å². The highest BCUT2D eigenvalue weighted by atomic mass is 14.7. The van der Waals surface area contributed by atoms with Crippen LogP contribution in [-0.2, 0) is 5.41 Å². The predicted molar refractivity (Wildman–Crippen MR) is 53.6 cm³/mol. The topological polar surface area (TPSA) is 38.9 Å². The number of hydrogen-bond donors (Lipinski definition) is 1. The smallest absolute Gasteiger partial charge is 0.0466 e. The van der Waals surface area contributed by atoms with Crippen LogP contribution >= 0.6 is 0 Å². The Hall–Kier alpha value is -0.890. The van der Waals surface area contributed by atoms with Crippen LogP contribution in [0, 0.1) is 6.92 Å². The number of hydrogen-bond acceptors (Lipinski definition) is 2. The molecule has 1 heterocycles. The van der Waals surface area contributed by atoms with E-state index in [1.807, 2.05) is 6.20 Å². The Morgan fingerprint density at radius 3 is 2.69 bits per heavy atom. The van der Waals surface area contributed by atoms with E-state index in [-0.39, 0.29) is 0 Å². The van der Waals surface area contributed by atoms with Gasteiger partial charge >= 0.3 is 0 Å². The highest BCUT2D eigenvalue weighted by Gasteiger charge is 2.44. The molecule has 0 aliphatic heterocycles. The standard InChI is InChI=1S/C11H16N2/c1-9-2-3-10(13-8-9)11(4-5-11)6-7-12/h2-3,8H,4-7,12H2,1H3. The number of pyridine rings is 1. The summed E-state index contributed by atoms with van der Waals surface area (Å²) >= 11 is 0. The molecule has 0 spiro atoms. The zero-order valence-electron chi connectivity index (χ0n) is 8.09. The fourth-order valence-electron chi connectivity index (χ4n) is 1.84. The molecule has 1 aliphatic carbocycles. The molecule has 0 radical (unpaired) electrons. The van der Waals surface area contributed by atoms with Crippen molar-refractivity contribution in [2.45, 2.75) is 31.6 Å². The minimum Gasteiger partial charge on any atom is -0.330 e. The molecule has 2 rings (SSSR count). The lowest BCUT2D eigenvalue weighted by Gasteiger charge is -2.12. The monoisotopic (exact) mass is 176 g/mol. The second-order valence-corrected chi connectivity index (χ2v) is 4.04. The first kappa shape index (κ1) is 8.70. The zero-order chi connectivity index (χ0) is 9.31. The van der Waals surface area contributed by atoms with Crippen molar-refractivity contribution in [3.63, 3.8) is 0 Å². The third-order valence-corrected chi connectivity index (χ3v) is 2.93. The highest BCUT2D eigenvalue weighted by molar-refractivity contribution is 5.26. The average Bonchev–Trinajstić information content (AvgIpc) is 2.87. The van der Waals surface area contributed by atoms with Crippen LogP contribution in [0.1, 0.15) is 30.5 Å². The summed E-state index contributed by atoms with van der Waals surface area (Å²) in [6.45, 7) is 2.84. The Morgan fingerprint density at radius 2 is 2.23 bits per heavy atom. The second kappa shape index (κ2) is 3.11. The maximum atomic E-state index is 5.59. The third kappa shape index (κ3) is 1.59. The van der Waals surface area contributed by atoms with Gasteiger partial charge in [-0.15, -0.1) is 0 Å². The number of aromatic nitrogens is 1. The molecule has 0 bridgehead atoms. The summed E-state index contributed by atoms with van der Waals surface area (Å²) in [7, 11) is 0. The first-order chi connectivity index (χ1) is 6.27. The molecule has 0 saturated heterocycles. The van der Waals surface area contributed by atoms with Crippen molar-refractivity contribution in [2.24, 2.45) is 5.73 Å². The normalized spacial score (nSPS) is 18.6. The van der Waals surface area contributed by atoms with Gasteiger partial charge in [0.2, 0.25) is 0 Å². The Morgan fingerprint density at radius 1 is 1.46 bits per heavy atom. The lowest BCUT2D eigenvalue weighted by molar-refractivity contribution is 0.610. The van der Waals surface area contributed by atoms with E-state index in [0.29, 0.717) is 5.41 Å². The van der Waals surface area contributed by atoms with Crippen LogP contribution in [0.25, 0.3) is 0 Å². The predicted octanol–water partition coefficient (Wildman–Crippen LogP) is 1.77.